The van der Waals surface area contributed by atoms with E-state index in [9.17, 15) is 0 Å². The van der Waals surface area contributed by atoms with Gasteiger partial charge in [0.2, 0.25) is 0 Å². The normalized spacial score (nSPS) is 14.3. The van der Waals surface area contributed by atoms with Crippen LogP contribution in [0.5, 0.6) is 0 Å². The molecule has 3 nitrogen and oxygen atoms in total. The summed E-state index contributed by atoms with van der Waals surface area (Å²) in [6.45, 7) is 1.81. The lowest BCUT2D eigenvalue weighted by molar-refractivity contribution is 0.693. The minimum Gasteiger partial charge on any atom is -0.307 e. The van der Waals surface area contributed by atoms with Crippen molar-refractivity contribution in [1.29, 1.82) is 0 Å². The molecule has 3 rings (SSSR count). The van der Waals surface area contributed by atoms with E-state index in [1.54, 1.807) is 0 Å². The first-order chi connectivity index (χ1) is 6.95. The summed E-state index contributed by atoms with van der Waals surface area (Å²) in [7, 11) is 0. The van der Waals surface area contributed by atoms with Crippen LogP contribution in [0.4, 0.5) is 0 Å². The zero-order valence-electron chi connectivity index (χ0n) is 7.77. The second-order valence-corrected chi connectivity index (χ2v) is 3.49. The van der Waals surface area contributed by atoms with Gasteiger partial charge in [-0.3, -0.25) is 0 Å². The van der Waals surface area contributed by atoms with Gasteiger partial charge >= 0.3 is 0 Å². The van der Waals surface area contributed by atoms with Gasteiger partial charge in [-0.15, -0.1) is 0 Å². The Morgan fingerprint density at radius 2 is 2.14 bits per heavy atom. The summed E-state index contributed by atoms with van der Waals surface area (Å²) in [5.41, 5.74) is 3.78. The van der Waals surface area contributed by atoms with Gasteiger partial charge < -0.3 is 9.88 Å². The molecular weight excluding hydrogens is 174 g/mol. The molecule has 14 heavy (non-hydrogen) atoms. The van der Waals surface area contributed by atoms with Crippen LogP contribution in [0.2, 0.25) is 0 Å². The summed E-state index contributed by atoms with van der Waals surface area (Å²) in [4.78, 5) is 4.17. The lowest BCUT2D eigenvalue weighted by atomic mass is 10.2. The van der Waals surface area contributed by atoms with Gasteiger partial charge in [-0.25, -0.2) is 4.98 Å². The van der Waals surface area contributed by atoms with Crippen molar-refractivity contribution in [3.05, 3.63) is 48.0 Å². The van der Waals surface area contributed by atoms with Gasteiger partial charge in [0.1, 0.15) is 0 Å². The van der Waals surface area contributed by atoms with E-state index >= 15 is 0 Å². The molecule has 0 bridgehead atoms. The molecule has 2 aromatic rings. The number of aromatic nitrogens is 2. The highest BCUT2D eigenvalue weighted by Crippen LogP contribution is 2.19. The summed E-state index contributed by atoms with van der Waals surface area (Å²) in [5, 5.41) is 3.38. The van der Waals surface area contributed by atoms with Gasteiger partial charge in [-0.05, 0) is 11.6 Å². The van der Waals surface area contributed by atoms with Crippen molar-refractivity contribution < 1.29 is 0 Å². The minimum absolute atomic E-state index is 0.884. The van der Waals surface area contributed by atoms with Crippen molar-refractivity contribution in [3.8, 4) is 5.69 Å². The highest BCUT2D eigenvalue weighted by molar-refractivity contribution is 5.43. The number of hydrogen-bond donors (Lipinski definition) is 1. The van der Waals surface area contributed by atoms with Crippen molar-refractivity contribution >= 4 is 0 Å². The summed E-state index contributed by atoms with van der Waals surface area (Å²) >= 11 is 0. The number of para-hydroxylation sites is 1. The van der Waals surface area contributed by atoms with Crippen molar-refractivity contribution in [2.24, 2.45) is 0 Å². The molecule has 0 unspecified atom stereocenters. The lowest BCUT2D eigenvalue weighted by Gasteiger charge is -2.06. The zero-order valence-corrected chi connectivity index (χ0v) is 7.77. The Kier molecular flexibility index (Phi) is 1.64. The number of rotatable bonds is 0. The number of benzene rings is 1. The Morgan fingerprint density at radius 3 is 3.14 bits per heavy atom. The Morgan fingerprint density at radius 1 is 1.21 bits per heavy atom. The second-order valence-electron chi connectivity index (χ2n) is 3.49. The Hall–Kier alpha value is -1.61. The van der Waals surface area contributed by atoms with E-state index in [0.717, 1.165) is 13.1 Å². The average Bonchev–Trinajstić information content (AvgIpc) is 2.61. The van der Waals surface area contributed by atoms with Crippen LogP contribution in [-0.2, 0) is 13.1 Å². The molecule has 1 aliphatic heterocycles. The van der Waals surface area contributed by atoms with Crippen LogP contribution < -0.4 is 5.32 Å². The maximum absolute atomic E-state index is 4.17. The van der Waals surface area contributed by atoms with Crippen LogP contribution in [0.25, 0.3) is 5.69 Å². The molecule has 0 atom stereocenters. The van der Waals surface area contributed by atoms with E-state index in [-0.39, 0.29) is 0 Å². The fourth-order valence-electron chi connectivity index (χ4n) is 1.89. The molecule has 1 N–H and O–H groups in total. The fraction of sp³-hybridized carbons (Fsp3) is 0.182. The molecule has 0 aliphatic carbocycles. The summed E-state index contributed by atoms with van der Waals surface area (Å²) in [6.07, 6.45) is 3.79. The zero-order chi connectivity index (χ0) is 9.38. The molecule has 3 heteroatoms. The summed E-state index contributed by atoms with van der Waals surface area (Å²) < 4.78 is 2.15. The molecule has 2 heterocycles. The van der Waals surface area contributed by atoms with Gasteiger partial charge in [0.25, 0.3) is 0 Å². The number of hydrogen-bond acceptors (Lipinski definition) is 2. The van der Waals surface area contributed by atoms with Gasteiger partial charge in [0.05, 0.1) is 17.7 Å². The fourth-order valence-corrected chi connectivity index (χ4v) is 1.89. The smallest absolute Gasteiger partial charge is 0.0994 e. The Bertz CT molecular complexity index is 459. The van der Waals surface area contributed by atoms with E-state index in [4.69, 9.17) is 0 Å². The van der Waals surface area contributed by atoms with Crippen LogP contribution in [-0.4, -0.2) is 9.55 Å². The lowest BCUT2D eigenvalue weighted by Crippen LogP contribution is -2.10. The molecule has 0 fully saturated rings. The Balaban J connectivity index is 2.27. The average molecular weight is 185 g/mol. The SMILES string of the molecule is c1ccc2c(c1)CNCc1cncn1-2. The topological polar surface area (TPSA) is 29.9 Å². The maximum Gasteiger partial charge on any atom is 0.0994 e. The van der Waals surface area contributed by atoms with Crippen LogP contribution in [0.15, 0.2) is 36.8 Å². The largest absolute Gasteiger partial charge is 0.307 e. The van der Waals surface area contributed by atoms with Crippen LogP contribution >= 0.6 is 0 Å². The van der Waals surface area contributed by atoms with Crippen LogP contribution in [0.3, 0.4) is 0 Å². The monoisotopic (exact) mass is 185 g/mol. The number of fused-ring (bicyclic) bond motifs is 3. The molecule has 0 spiro atoms. The van der Waals surface area contributed by atoms with Crippen molar-refractivity contribution in [1.82, 2.24) is 14.9 Å². The molecule has 70 valence electrons. The highest BCUT2D eigenvalue weighted by Gasteiger charge is 2.11. The number of nitrogens with one attached hydrogen (secondary N) is 1. The van der Waals surface area contributed by atoms with Crippen molar-refractivity contribution in [2.75, 3.05) is 0 Å². The molecule has 0 saturated carbocycles. The highest BCUT2D eigenvalue weighted by atomic mass is 15.1. The maximum atomic E-state index is 4.17. The van der Waals surface area contributed by atoms with Gasteiger partial charge in [-0.1, -0.05) is 18.2 Å². The van der Waals surface area contributed by atoms with E-state index < -0.39 is 0 Å². The van der Waals surface area contributed by atoms with Gasteiger partial charge in [0, 0.05) is 19.3 Å². The molecule has 0 radical (unpaired) electrons. The van der Waals surface area contributed by atoms with Crippen LogP contribution in [0.1, 0.15) is 11.3 Å². The second kappa shape index (κ2) is 2.96. The predicted octanol–water partition coefficient (Wildman–Crippen LogP) is 1.48. The first kappa shape index (κ1) is 7.76. The van der Waals surface area contributed by atoms with E-state index in [1.165, 1.54) is 16.9 Å². The molecular formula is C11H11N3. The van der Waals surface area contributed by atoms with Crippen molar-refractivity contribution in [2.45, 2.75) is 13.1 Å². The van der Waals surface area contributed by atoms with E-state index in [2.05, 4.69) is 39.1 Å². The third-order valence-corrected chi connectivity index (χ3v) is 2.59. The molecule has 1 aromatic heterocycles. The predicted molar refractivity (Wildman–Crippen MR) is 54.1 cm³/mol. The van der Waals surface area contributed by atoms with Gasteiger partial charge in [0.15, 0.2) is 0 Å². The standard InChI is InChI=1S/C11H11N3/c1-2-4-11-9(3-1)5-12-6-10-7-13-8-14(10)11/h1-4,7-8,12H,5-6H2. The van der Waals surface area contributed by atoms with Gasteiger partial charge in [-0.2, -0.15) is 0 Å². The number of nitrogens with zero attached hydrogens (tertiary/aromatic N) is 2. The molecule has 0 saturated heterocycles. The van der Waals surface area contributed by atoms with E-state index in [1.807, 2.05) is 12.5 Å². The molecule has 0 amide bonds. The minimum atomic E-state index is 0.884. The first-order valence-corrected chi connectivity index (χ1v) is 4.75. The third-order valence-electron chi connectivity index (χ3n) is 2.59. The summed E-state index contributed by atoms with van der Waals surface area (Å²) in [6, 6.07) is 8.42. The molecule has 1 aliphatic rings. The van der Waals surface area contributed by atoms with E-state index in [0.29, 0.717) is 0 Å². The van der Waals surface area contributed by atoms with Crippen LogP contribution in [0, 0.1) is 0 Å². The Labute approximate surface area is 82.4 Å². The number of imidazole rings is 1. The first-order valence-electron chi connectivity index (χ1n) is 4.75. The molecule has 1 aromatic carbocycles. The third kappa shape index (κ3) is 1.06. The van der Waals surface area contributed by atoms with Crippen molar-refractivity contribution in [3.63, 3.8) is 0 Å². The summed E-state index contributed by atoms with van der Waals surface area (Å²) in [5.74, 6) is 0. The quantitative estimate of drug-likeness (QED) is 0.673.